The minimum atomic E-state index is 0.759. The van der Waals surface area contributed by atoms with Crippen molar-refractivity contribution in [2.45, 2.75) is 40.0 Å². The van der Waals surface area contributed by atoms with Gasteiger partial charge < -0.3 is 5.73 Å². The van der Waals surface area contributed by atoms with Gasteiger partial charge in [0, 0.05) is 0 Å². The highest BCUT2D eigenvalue weighted by Crippen LogP contribution is 2.18. The molecule has 0 aliphatic rings. The van der Waals surface area contributed by atoms with E-state index in [-0.39, 0.29) is 0 Å². The van der Waals surface area contributed by atoms with E-state index >= 15 is 0 Å². The van der Waals surface area contributed by atoms with E-state index in [1.54, 1.807) is 0 Å². The molecular weight excluding hydrogens is 122 g/mol. The molecule has 2 unspecified atom stereocenters. The van der Waals surface area contributed by atoms with Gasteiger partial charge in [0.15, 0.2) is 0 Å². The third-order valence-electron chi connectivity index (χ3n) is 2.41. The van der Waals surface area contributed by atoms with Crippen molar-refractivity contribution in [1.82, 2.24) is 0 Å². The zero-order chi connectivity index (χ0) is 7.98. The first-order valence-electron chi connectivity index (χ1n) is 4.46. The van der Waals surface area contributed by atoms with Crippen molar-refractivity contribution in [3.63, 3.8) is 0 Å². The van der Waals surface area contributed by atoms with Gasteiger partial charge in [-0.15, -0.1) is 0 Å². The minimum absolute atomic E-state index is 0.759. The summed E-state index contributed by atoms with van der Waals surface area (Å²) < 4.78 is 0. The van der Waals surface area contributed by atoms with E-state index in [1.165, 1.54) is 19.3 Å². The molecule has 10 heavy (non-hydrogen) atoms. The van der Waals surface area contributed by atoms with Crippen molar-refractivity contribution in [3.05, 3.63) is 0 Å². The van der Waals surface area contributed by atoms with Crippen LogP contribution in [0.4, 0.5) is 0 Å². The lowest BCUT2D eigenvalue weighted by molar-refractivity contribution is 0.333. The van der Waals surface area contributed by atoms with E-state index < -0.39 is 0 Å². The summed E-state index contributed by atoms with van der Waals surface area (Å²) in [7, 11) is 0. The van der Waals surface area contributed by atoms with Crippen LogP contribution in [0.3, 0.4) is 0 Å². The van der Waals surface area contributed by atoms with Gasteiger partial charge in [-0.1, -0.05) is 33.6 Å². The molecule has 1 nitrogen and oxygen atoms in total. The second kappa shape index (κ2) is 5.72. The van der Waals surface area contributed by atoms with E-state index in [1.807, 2.05) is 0 Å². The Morgan fingerprint density at radius 2 is 1.90 bits per heavy atom. The second-order valence-electron chi connectivity index (χ2n) is 3.17. The van der Waals surface area contributed by atoms with Crippen molar-refractivity contribution < 1.29 is 0 Å². The highest BCUT2D eigenvalue weighted by atomic mass is 14.5. The second-order valence-corrected chi connectivity index (χ2v) is 3.17. The number of nitrogens with two attached hydrogens (primary N) is 1. The average molecular weight is 143 g/mol. The minimum Gasteiger partial charge on any atom is -0.330 e. The van der Waals surface area contributed by atoms with Crippen molar-refractivity contribution >= 4 is 0 Å². The van der Waals surface area contributed by atoms with Crippen LogP contribution in [0.5, 0.6) is 0 Å². The summed E-state index contributed by atoms with van der Waals surface area (Å²) in [5.74, 6) is 1.57. The average Bonchev–Trinajstić information content (AvgIpc) is 1.99. The van der Waals surface area contributed by atoms with Crippen molar-refractivity contribution in [3.8, 4) is 0 Å². The van der Waals surface area contributed by atoms with Gasteiger partial charge >= 0.3 is 0 Å². The summed E-state index contributed by atoms with van der Waals surface area (Å²) in [5, 5.41) is 0. The van der Waals surface area contributed by atoms with E-state index in [2.05, 4.69) is 20.8 Å². The van der Waals surface area contributed by atoms with E-state index in [0.29, 0.717) is 0 Å². The fraction of sp³-hybridized carbons (Fsp3) is 1.00. The maximum Gasteiger partial charge on any atom is -0.00463 e. The smallest absolute Gasteiger partial charge is 0.00463 e. The maximum atomic E-state index is 5.64. The summed E-state index contributed by atoms with van der Waals surface area (Å²) in [6, 6.07) is 0. The lowest BCUT2D eigenvalue weighted by atomic mass is 9.88. The van der Waals surface area contributed by atoms with Crippen LogP contribution in [0.1, 0.15) is 40.0 Å². The Labute approximate surface area is 65.0 Å². The third kappa shape index (κ3) is 3.21. The van der Waals surface area contributed by atoms with Crippen LogP contribution < -0.4 is 5.73 Å². The summed E-state index contributed by atoms with van der Waals surface area (Å²) in [6.07, 6.45) is 3.83. The van der Waals surface area contributed by atoms with Crippen molar-refractivity contribution in [1.29, 1.82) is 0 Å². The van der Waals surface area contributed by atoms with Crippen LogP contribution in [-0.2, 0) is 0 Å². The SMILES string of the molecule is CCCC(CN)C(C)CC. The van der Waals surface area contributed by atoms with E-state index in [4.69, 9.17) is 5.73 Å². The first-order valence-corrected chi connectivity index (χ1v) is 4.46. The van der Waals surface area contributed by atoms with Crippen LogP contribution in [-0.4, -0.2) is 6.54 Å². The van der Waals surface area contributed by atoms with Crippen LogP contribution in [0.15, 0.2) is 0 Å². The van der Waals surface area contributed by atoms with Gasteiger partial charge in [-0.05, 0) is 24.8 Å². The summed E-state index contributed by atoms with van der Waals surface area (Å²) in [6.45, 7) is 7.63. The molecule has 0 amide bonds. The zero-order valence-corrected chi connectivity index (χ0v) is 7.56. The molecule has 0 aromatic carbocycles. The predicted molar refractivity (Wildman–Crippen MR) is 46.9 cm³/mol. The Kier molecular flexibility index (Phi) is 5.70. The molecule has 0 aliphatic heterocycles. The Morgan fingerprint density at radius 1 is 1.30 bits per heavy atom. The lowest BCUT2D eigenvalue weighted by Gasteiger charge is -2.19. The highest BCUT2D eigenvalue weighted by molar-refractivity contribution is 4.65. The van der Waals surface area contributed by atoms with Gasteiger partial charge in [0.05, 0.1) is 0 Å². The Hall–Kier alpha value is -0.0400. The molecule has 0 heterocycles. The Morgan fingerprint density at radius 3 is 2.20 bits per heavy atom. The van der Waals surface area contributed by atoms with Gasteiger partial charge in [0.1, 0.15) is 0 Å². The predicted octanol–water partition coefficient (Wildman–Crippen LogP) is 2.41. The Balaban J connectivity index is 3.56. The molecule has 0 radical (unpaired) electrons. The van der Waals surface area contributed by atoms with Crippen molar-refractivity contribution in [2.75, 3.05) is 6.54 Å². The molecule has 0 spiro atoms. The van der Waals surface area contributed by atoms with E-state index in [9.17, 15) is 0 Å². The number of hydrogen-bond acceptors (Lipinski definition) is 1. The van der Waals surface area contributed by atoms with Crippen LogP contribution in [0.2, 0.25) is 0 Å². The molecule has 1 heteroatoms. The van der Waals surface area contributed by atoms with Gasteiger partial charge in [-0.25, -0.2) is 0 Å². The molecule has 2 N–H and O–H groups in total. The fourth-order valence-corrected chi connectivity index (χ4v) is 1.34. The van der Waals surface area contributed by atoms with Crippen LogP contribution >= 0.6 is 0 Å². The molecule has 0 rings (SSSR count). The molecule has 62 valence electrons. The molecule has 0 fully saturated rings. The normalized spacial score (nSPS) is 16.8. The molecule has 0 bridgehead atoms. The quantitative estimate of drug-likeness (QED) is 0.628. The van der Waals surface area contributed by atoms with Crippen molar-refractivity contribution in [2.24, 2.45) is 17.6 Å². The molecule has 0 saturated carbocycles. The van der Waals surface area contributed by atoms with Gasteiger partial charge in [0.25, 0.3) is 0 Å². The number of hydrogen-bond donors (Lipinski definition) is 1. The zero-order valence-electron chi connectivity index (χ0n) is 7.56. The van der Waals surface area contributed by atoms with Gasteiger partial charge in [0.2, 0.25) is 0 Å². The molecule has 0 saturated heterocycles. The monoisotopic (exact) mass is 143 g/mol. The van der Waals surface area contributed by atoms with Crippen LogP contribution in [0, 0.1) is 11.8 Å². The number of rotatable bonds is 5. The third-order valence-corrected chi connectivity index (χ3v) is 2.41. The molecule has 2 atom stereocenters. The summed E-state index contributed by atoms with van der Waals surface area (Å²) >= 11 is 0. The molecular formula is C9H21N. The summed E-state index contributed by atoms with van der Waals surface area (Å²) in [4.78, 5) is 0. The standard InChI is InChI=1S/C9H21N/c1-4-6-9(7-10)8(3)5-2/h8-9H,4-7,10H2,1-3H3. The summed E-state index contributed by atoms with van der Waals surface area (Å²) in [5.41, 5.74) is 5.64. The van der Waals surface area contributed by atoms with Crippen LogP contribution in [0.25, 0.3) is 0 Å². The highest BCUT2D eigenvalue weighted by Gasteiger charge is 2.11. The van der Waals surface area contributed by atoms with Gasteiger partial charge in [-0.2, -0.15) is 0 Å². The first-order chi connectivity index (χ1) is 4.76. The maximum absolute atomic E-state index is 5.64. The molecule has 0 aromatic rings. The first kappa shape index (κ1) is 9.96. The largest absolute Gasteiger partial charge is 0.330 e. The molecule has 0 aromatic heterocycles. The lowest BCUT2D eigenvalue weighted by Crippen LogP contribution is -2.20. The fourth-order valence-electron chi connectivity index (χ4n) is 1.34. The molecule has 0 aliphatic carbocycles. The van der Waals surface area contributed by atoms with E-state index in [0.717, 1.165) is 18.4 Å². The van der Waals surface area contributed by atoms with Gasteiger partial charge in [-0.3, -0.25) is 0 Å². The Bertz CT molecular complexity index is 71.1. The topological polar surface area (TPSA) is 26.0 Å².